The van der Waals surface area contributed by atoms with Crippen molar-refractivity contribution in [2.75, 3.05) is 10.3 Å². The molecule has 2 rings (SSSR count). The van der Waals surface area contributed by atoms with Crippen LogP contribution in [0, 0.1) is 6.92 Å². The molecule has 0 heterocycles. The third-order valence-electron chi connectivity index (χ3n) is 3.64. The van der Waals surface area contributed by atoms with Gasteiger partial charge in [-0.1, -0.05) is 25.3 Å². The van der Waals surface area contributed by atoms with Crippen molar-refractivity contribution in [1.29, 1.82) is 0 Å². The first kappa shape index (κ1) is 13.7. The Balaban J connectivity index is 2.18. The number of nitrogens with two attached hydrogens (primary N) is 2. The highest BCUT2D eigenvalue weighted by molar-refractivity contribution is 5.71. The van der Waals surface area contributed by atoms with Crippen molar-refractivity contribution in [2.45, 2.75) is 45.1 Å². The van der Waals surface area contributed by atoms with E-state index in [0.29, 0.717) is 6.04 Å². The fraction of sp³-hybridized carbons (Fsp3) is 0.467. The van der Waals surface area contributed by atoms with E-state index in [1.807, 2.05) is 0 Å². The first-order valence-electron chi connectivity index (χ1n) is 7.00. The lowest BCUT2D eigenvalue weighted by Gasteiger charge is -2.27. The summed E-state index contributed by atoms with van der Waals surface area (Å²) in [7, 11) is 0. The maximum atomic E-state index is 6.01. The zero-order chi connectivity index (χ0) is 13.7. The average molecular weight is 260 g/mol. The van der Waals surface area contributed by atoms with Crippen molar-refractivity contribution in [3.63, 3.8) is 0 Å². The van der Waals surface area contributed by atoms with E-state index in [1.54, 1.807) is 11.2 Å². The van der Waals surface area contributed by atoms with Gasteiger partial charge in [-0.2, -0.15) is 0 Å². The van der Waals surface area contributed by atoms with E-state index in [9.17, 15) is 0 Å². The summed E-state index contributed by atoms with van der Waals surface area (Å²) in [6, 6.07) is 6.84. The number of rotatable bonds is 4. The van der Waals surface area contributed by atoms with Crippen LogP contribution in [0.4, 0.5) is 11.4 Å². The molecule has 0 aliphatic heterocycles. The Morgan fingerprint density at radius 3 is 2.68 bits per heavy atom. The predicted molar refractivity (Wildman–Crippen MR) is 81.7 cm³/mol. The molecule has 5 N–H and O–H groups in total. The van der Waals surface area contributed by atoms with Crippen LogP contribution in [-0.4, -0.2) is 6.04 Å². The van der Waals surface area contributed by atoms with Crippen molar-refractivity contribution < 1.29 is 0 Å². The second kappa shape index (κ2) is 6.48. The lowest BCUT2D eigenvalue weighted by molar-refractivity contribution is 0.463. The van der Waals surface area contributed by atoms with E-state index in [1.165, 1.54) is 43.9 Å². The number of aryl methyl sites for hydroxylation is 1. The minimum Gasteiger partial charge on any atom is -0.403 e. The Bertz CT molecular complexity index is 436. The minimum absolute atomic E-state index is 0.561. The molecule has 1 fully saturated rings. The monoisotopic (exact) mass is 260 g/mol. The van der Waals surface area contributed by atoms with Crippen LogP contribution in [-0.2, 0) is 0 Å². The van der Waals surface area contributed by atoms with Gasteiger partial charge >= 0.3 is 0 Å². The summed E-state index contributed by atoms with van der Waals surface area (Å²) in [5.74, 6) is 6.01. The van der Waals surface area contributed by atoms with E-state index < -0.39 is 0 Å². The molecule has 1 aromatic rings. The van der Waals surface area contributed by atoms with Crippen LogP contribution < -0.4 is 21.9 Å². The molecule has 0 saturated heterocycles. The summed E-state index contributed by atoms with van der Waals surface area (Å²) in [6.45, 7) is 2.06. The number of hydrogen-bond donors (Lipinski definition) is 3. The van der Waals surface area contributed by atoms with Gasteiger partial charge in [0.05, 0.1) is 11.4 Å². The average Bonchev–Trinajstić information content (AvgIpc) is 2.42. The molecule has 0 spiro atoms. The number of nitrogens with zero attached hydrogens (tertiary/aromatic N) is 1. The van der Waals surface area contributed by atoms with Gasteiger partial charge in [-0.25, -0.2) is 5.84 Å². The molecular weight excluding hydrogens is 236 g/mol. The minimum atomic E-state index is 0.561. The van der Waals surface area contributed by atoms with Crippen LogP contribution in [0.3, 0.4) is 0 Å². The van der Waals surface area contributed by atoms with Crippen molar-refractivity contribution in [1.82, 2.24) is 0 Å². The molecule has 0 bridgehead atoms. The van der Waals surface area contributed by atoms with Gasteiger partial charge < -0.3 is 11.1 Å². The number of hydrogen-bond acceptors (Lipinski definition) is 4. The SMILES string of the molecule is Cc1ccc(NC2CCCCC2)c(N(N)/C=C\N)c1. The molecule has 4 nitrogen and oxygen atoms in total. The van der Waals surface area contributed by atoms with Crippen LogP contribution in [0.25, 0.3) is 0 Å². The summed E-state index contributed by atoms with van der Waals surface area (Å²) in [5, 5.41) is 5.19. The largest absolute Gasteiger partial charge is 0.403 e. The normalized spacial score (nSPS) is 16.7. The topological polar surface area (TPSA) is 67.3 Å². The number of nitrogens with one attached hydrogen (secondary N) is 1. The summed E-state index contributed by atoms with van der Waals surface area (Å²) >= 11 is 0. The molecular formula is C15H24N4. The number of hydrazine groups is 1. The maximum Gasteiger partial charge on any atom is 0.0802 e. The molecule has 0 unspecified atom stereocenters. The zero-order valence-corrected chi connectivity index (χ0v) is 11.6. The van der Waals surface area contributed by atoms with Crippen LogP contribution in [0.2, 0.25) is 0 Å². The number of benzene rings is 1. The Kier molecular flexibility index (Phi) is 4.68. The van der Waals surface area contributed by atoms with Gasteiger partial charge in [0.25, 0.3) is 0 Å². The lowest BCUT2D eigenvalue weighted by atomic mass is 9.95. The summed E-state index contributed by atoms with van der Waals surface area (Å²) in [5.41, 5.74) is 8.65. The van der Waals surface area contributed by atoms with Crippen LogP contribution in [0.15, 0.2) is 30.6 Å². The van der Waals surface area contributed by atoms with E-state index in [2.05, 4.69) is 30.4 Å². The Hall–Kier alpha value is -1.68. The standard InChI is InChI=1S/C15H24N4/c1-12-7-8-14(15(11-12)19(17)10-9-16)18-13-5-3-2-4-6-13/h7-11,13,18H,2-6,16-17H2,1H3/b10-9-. The van der Waals surface area contributed by atoms with Gasteiger partial charge in [-0.3, -0.25) is 5.01 Å². The fourth-order valence-corrected chi connectivity index (χ4v) is 2.62. The van der Waals surface area contributed by atoms with E-state index >= 15 is 0 Å². The van der Waals surface area contributed by atoms with Crippen LogP contribution in [0.5, 0.6) is 0 Å². The zero-order valence-electron chi connectivity index (χ0n) is 11.6. The first-order valence-corrected chi connectivity index (χ1v) is 7.00. The van der Waals surface area contributed by atoms with Gasteiger partial charge in [0.15, 0.2) is 0 Å². The van der Waals surface area contributed by atoms with Crippen molar-refractivity contribution in [3.8, 4) is 0 Å². The summed E-state index contributed by atoms with van der Waals surface area (Å²) in [4.78, 5) is 0. The molecule has 4 heteroatoms. The molecule has 0 aromatic heterocycles. The Morgan fingerprint density at radius 2 is 2.00 bits per heavy atom. The Labute approximate surface area is 115 Å². The van der Waals surface area contributed by atoms with Crippen LogP contribution >= 0.6 is 0 Å². The fourth-order valence-electron chi connectivity index (χ4n) is 2.62. The van der Waals surface area contributed by atoms with Gasteiger partial charge in [-0.05, 0) is 37.5 Å². The highest BCUT2D eigenvalue weighted by atomic mass is 15.4. The second-order valence-corrected chi connectivity index (χ2v) is 5.25. The van der Waals surface area contributed by atoms with E-state index in [-0.39, 0.29) is 0 Å². The number of anilines is 2. The predicted octanol–water partition coefficient (Wildman–Crippen LogP) is 2.85. The smallest absolute Gasteiger partial charge is 0.0802 e. The lowest BCUT2D eigenvalue weighted by Crippen LogP contribution is -2.28. The third-order valence-corrected chi connectivity index (χ3v) is 3.64. The molecule has 0 amide bonds. The van der Waals surface area contributed by atoms with E-state index in [4.69, 9.17) is 11.6 Å². The molecule has 0 radical (unpaired) electrons. The maximum absolute atomic E-state index is 6.01. The Morgan fingerprint density at radius 1 is 1.26 bits per heavy atom. The third kappa shape index (κ3) is 3.64. The van der Waals surface area contributed by atoms with Crippen LogP contribution in [0.1, 0.15) is 37.7 Å². The molecule has 19 heavy (non-hydrogen) atoms. The highest BCUT2D eigenvalue weighted by Gasteiger charge is 2.15. The van der Waals surface area contributed by atoms with Crippen molar-refractivity contribution in [3.05, 3.63) is 36.2 Å². The van der Waals surface area contributed by atoms with E-state index in [0.717, 1.165) is 11.4 Å². The quantitative estimate of drug-likeness (QED) is 0.575. The second-order valence-electron chi connectivity index (χ2n) is 5.25. The first-order chi connectivity index (χ1) is 9.20. The summed E-state index contributed by atoms with van der Waals surface area (Å²) < 4.78 is 0. The highest BCUT2D eigenvalue weighted by Crippen LogP contribution is 2.29. The molecule has 1 aliphatic carbocycles. The van der Waals surface area contributed by atoms with Gasteiger partial charge in [0.1, 0.15) is 0 Å². The van der Waals surface area contributed by atoms with Gasteiger partial charge in [-0.15, -0.1) is 0 Å². The van der Waals surface area contributed by atoms with Gasteiger partial charge in [0.2, 0.25) is 0 Å². The molecule has 1 aliphatic rings. The molecule has 104 valence electrons. The van der Waals surface area contributed by atoms with Crippen molar-refractivity contribution in [2.24, 2.45) is 11.6 Å². The van der Waals surface area contributed by atoms with Crippen molar-refractivity contribution >= 4 is 11.4 Å². The molecule has 1 saturated carbocycles. The molecule has 0 atom stereocenters. The van der Waals surface area contributed by atoms with Gasteiger partial charge in [0, 0.05) is 18.4 Å². The molecule has 1 aromatic carbocycles. The summed E-state index contributed by atoms with van der Waals surface area (Å²) in [6.07, 6.45) is 9.59.